The van der Waals surface area contributed by atoms with Gasteiger partial charge in [0.05, 0.1) is 18.3 Å². The molecular weight excluding hydrogens is 424 g/mol. The number of benzene rings is 1. The van der Waals surface area contributed by atoms with Crippen molar-refractivity contribution in [1.82, 2.24) is 14.7 Å². The summed E-state index contributed by atoms with van der Waals surface area (Å²) < 4.78 is 5.57. The number of carbonyl (C=O) groups excluding carboxylic acids is 3. The van der Waals surface area contributed by atoms with Gasteiger partial charge in [-0.3, -0.25) is 24.2 Å². The maximum absolute atomic E-state index is 13.4. The maximum Gasteiger partial charge on any atom is 0.277 e. The van der Waals surface area contributed by atoms with Gasteiger partial charge in [0.2, 0.25) is 5.91 Å². The number of piperazine rings is 1. The van der Waals surface area contributed by atoms with Crippen LogP contribution in [0.5, 0.6) is 0 Å². The first-order valence-corrected chi connectivity index (χ1v) is 11.5. The highest BCUT2D eigenvalue weighted by Crippen LogP contribution is 2.33. The van der Waals surface area contributed by atoms with Gasteiger partial charge in [-0.1, -0.05) is 12.1 Å². The van der Waals surface area contributed by atoms with Gasteiger partial charge >= 0.3 is 0 Å². The molecule has 180 valence electrons. The topological polar surface area (TPSA) is 102 Å². The van der Waals surface area contributed by atoms with Gasteiger partial charge in [-0.15, -0.1) is 0 Å². The van der Waals surface area contributed by atoms with Crippen molar-refractivity contribution in [2.45, 2.75) is 33.3 Å². The molecule has 1 fully saturated rings. The fourth-order valence-corrected chi connectivity index (χ4v) is 4.12. The van der Waals surface area contributed by atoms with Crippen LogP contribution in [-0.2, 0) is 19.1 Å². The zero-order chi connectivity index (χ0) is 24.0. The molecule has 0 saturated carbocycles. The van der Waals surface area contributed by atoms with Crippen LogP contribution in [0.2, 0.25) is 0 Å². The minimum Gasteiger partial charge on any atom is -0.395 e. The number of anilines is 1. The van der Waals surface area contributed by atoms with Gasteiger partial charge in [-0.05, 0) is 38.0 Å². The molecule has 3 amide bonds. The lowest BCUT2D eigenvalue weighted by Crippen LogP contribution is -2.48. The lowest BCUT2D eigenvalue weighted by molar-refractivity contribution is -0.138. The summed E-state index contributed by atoms with van der Waals surface area (Å²) in [5, 5.41) is 11.9. The van der Waals surface area contributed by atoms with Gasteiger partial charge in [0.1, 0.15) is 5.70 Å². The summed E-state index contributed by atoms with van der Waals surface area (Å²) in [7, 11) is 0. The summed E-state index contributed by atoms with van der Waals surface area (Å²) in [4.78, 5) is 43.6. The van der Waals surface area contributed by atoms with Crippen molar-refractivity contribution in [1.29, 1.82) is 0 Å². The molecule has 0 spiro atoms. The van der Waals surface area contributed by atoms with Gasteiger partial charge in [0, 0.05) is 58.5 Å². The number of hydrogen-bond donors (Lipinski definition) is 2. The van der Waals surface area contributed by atoms with E-state index in [9.17, 15) is 19.5 Å². The smallest absolute Gasteiger partial charge is 0.277 e. The van der Waals surface area contributed by atoms with Crippen LogP contribution in [0.1, 0.15) is 32.8 Å². The van der Waals surface area contributed by atoms with Crippen LogP contribution in [0.4, 0.5) is 5.69 Å². The van der Waals surface area contributed by atoms with E-state index in [1.54, 1.807) is 24.3 Å². The Morgan fingerprint density at radius 1 is 1.06 bits per heavy atom. The Labute approximate surface area is 195 Å². The second kappa shape index (κ2) is 11.4. The van der Waals surface area contributed by atoms with E-state index in [1.165, 1.54) is 11.8 Å². The average molecular weight is 459 g/mol. The number of aliphatic hydroxyl groups excluding tert-OH is 1. The van der Waals surface area contributed by atoms with Crippen molar-refractivity contribution in [3.63, 3.8) is 0 Å². The zero-order valence-electron chi connectivity index (χ0n) is 19.7. The summed E-state index contributed by atoms with van der Waals surface area (Å²) in [5.41, 5.74) is 2.11. The van der Waals surface area contributed by atoms with Crippen molar-refractivity contribution in [3.05, 3.63) is 35.5 Å². The van der Waals surface area contributed by atoms with E-state index in [-0.39, 0.29) is 30.4 Å². The molecular formula is C24H34N4O5. The molecule has 2 aliphatic rings. The molecule has 9 nitrogen and oxygen atoms in total. The Balaban J connectivity index is 1.85. The first-order chi connectivity index (χ1) is 15.8. The number of nitrogens with zero attached hydrogens (tertiary/aromatic N) is 3. The Hall–Kier alpha value is -2.75. The third-order valence-corrected chi connectivity index (χ3v) is 5.72. The Bertz CT molecular complexity index is 889. The van der Waals surface area contributed by atoms with Gasteiger partial charge in [0.15, 0.2) is 0 Å². The summed E-state index contributed by atoms with van der Waals surface area (Å²) in [5.74, 6) is -0.754. The van der Waals surface area contributed by atoms with Crippen molar-refractivity contribution in [2.75, 3.05) is 57.8 Å². The number of rotatable bonds is 10. The highest BCUT2D eigenvalue weighted by Gasteiger charge is 2.41. The number of hydrogen-bond acceptors (Lipinski definition) is 7. The third-order valence-electron chi connectivity index (χ3n) is 5.72. The zero-order valence-corrected chi connectivity index (χ0v) is 19.7. The Kier molecular flexibility index (Phi) is 8.60. The summed E-state index contributed by atoms with van der Waals surface area (Å²) in [6, 6.07) is 6.99. The quantitative estimate of drug-likeness (QED) is 0.401. The second-order valence-electron chi connectivity index (χ2n) is 8.57. The van der Waals surface area contributed by atoms with Crippen LogP contribution >= 0.6 is 0 Å². The van der Waals surface area contributed by atoms with E-state index in [0.717, 1.165) is 0 Å². The van der Waals surface area contributed by atoms with Crippen LogP contribution < -0.4 is 5.32 Å². The standard InChI is InChI=1S/C24H34N4O5/c1-17(2)33-16-4-9-28-23(31)21(19-5-7-20(8-6-19)25-18(3)30)22(24(28)32)27-12-10-26(11-13-27)14-15-29/h5-8,17,29H,4,9-16H2,1-3H3,(H,25,30). The van der Waals surface area contributed by atoms with E-state index in [1.807, 2.05) is 18.7 Å². The minimum atomic E-state index is -0.301. The fourth-order valence-electron chi connectivity index (χ4n) is 4.12. The van der Waals surface area contributed by atoms with Crippen LogP contribution in [0.25, 0.3) is 5.57 Å². The number of ether oxygens (including phenoxy) is 1. The molecule has 1 aromatic carbocycles. The SMILES string of the molecule is CC(=O)Nc1ccc(C2=C(N3CCN(CCO)CC3)C(=O)N(CCCOC(C)C)C2=O)cc1. The molecule has 1 saturated heterocycles. The minimum absolute atomic E-state index is 0.0940. The molecule has 0 bridgehead atoms. The second-order valence-corrected chi connectivity index (χ2v) is 8.57. The van der Waals surface area contributed by atoms with Crippen LogP contribution in [0.3, 0.4) is 0 Å². The molecule has 0 aromatic heterocycles. The van der Waals surface area contributed by atoms with Gasteiger partial charge < -0.3 is 20.1 Å². The molecule has 1 aromatic rings. The number of aliphatic hydroxyl groups is 1. The van der Waals surface area contributed by atoms with Crippen LogP contribution in [0.15, 0.2) is 30.0 Å². The summed E-state index contributed by atoms with van der Waals surface area (Å²) in [6.45, 7) is 9.43. The molecule has 0 aliphatic carbocycles. The van der Waals surface area contributed by atoms with Crippen molar-refractivity contribution < 1.29 is 24.2 Å². The monoisotopic (exact) mass is 458 g/mol. The maximum atomic E-state index is 13.4. The first-order valence-electron chi connectivity index (χ1n) is 11.5. The molecule has 0 atom stereocenters. The highest BCUT2D eigenvalue weighted by molar-refractivity contribution is 6.35. The molecule has 3 rings (SSSR count). The number of nitrogens with one attached hydrogen (secondary N) is 1. The Morgan fingerprint density at radius 3 is 2.30 bits per heavy atom. The molecule has 9 heteroatoms. The van der Waals surface area contributed by atoms with E-state index < -0.39 is 0 Å². The van der Waals surface area contributed by atoms with Gasteiger partial charge in [0.25, 0.3) is 11.8 Å². The predicted molar refractivity (Wildman–Crippen MR) is 125 cm³/mol. The highest BCUT2D eigenvalue weighted by atomic mass is 16.5. The van der Waals surface area contributed by atoms with Crippen LogP contribution in [0, 0.1) is 0 Å². The fraction of sp³-hybridized carbons (Fsp3) is 0.542. The summed E-state index contributed by atoms with van der Waals surface area (Å²) >= 11 is 0. The molecule has 0 unspecified atom stereocenters. The Morgan fingerprint density at radius 2 is 1.73 bits per heavy atom. The van der Waals surface area contributed by atoms with Gasteiger partial charge in [-0.2, -0.15) is 0 Å². The number of amides is 3. The van der Waals surface area contributed by atoms with Crippen LogP contribution in [-0.4, -0.2) is 96.1 Å². The number of carbonyl (C=O) groups is 3. The van der Waals surface area contributed by atoms with E-state index >= 15 is 0 Å². The van der Waals surface area contributed by atoms with E-state index in [2.05, 4.69) is 10.2 Å². The number of β-amino-alcohol motifs (C(OH)–C–C–N with tert-alkyl or cyclic N) is 1. The van der Waals surface area contributed by atoms with Crippen molar-refractivity contribution >= 4 is 29.0 Å². The third kappa shape index (κ3) is 6.19. The summed E-state index contributed by atoms with van der Waals surface area (Å²) in [6.07, 6.45) is 0.665. The molecule has 2 aliphatic heterocycles. The average Bonchev–Trinajstić information content (AvgIpc) is 3.02. The number of imide groups is 1. The molecule has 0 radical (unpaired) electrons. The van der Waals surface area contributed by atoms with Crippen molar-refractivity contribution in [3.8, 4) is 0 Å². The normalized spacial score (nSPS) is 17.5. The first kappa shape index (κ1) is 24.9. The van der Waals surface area contributed by atoms with E-state index in [4.69, 9.17) is 4.74 Å². The van der Waals surface area contributed by atoms with Gasteiger partial charge in [-0.25, -0.2) is 0 Å². The molecule has 2 heterocycles. The molecule has 33 heavy (non-hydrogen) atoms. The van der Waals surface area contributed by atoms with Crippen molar-refractivity contribution in [2.24, 2.45) is 0 Å². The predicted octanol–water partition coefficient (Wildman–Crippen LogP) is 1.15. The lowest BCUT2D eigenvalue weighted by atomic mass is 10.0. The molecule has 2 N–H and O–H groups in total. The largest absolute Gasteiger partial charge is 0.395 e. The lowest BCUT2D eigenvalue weighted by Gasteiger charge is -2.36. The van der Waals surface area contributed by atoms with E-state index in [0.29, 0.717) is 74.8 Å².